The molecule has 4 heavy (non-hydrogen) atoms. The van der Waals surface area contributed by atoms with Gasteiger partial charge >= 0.3 is 42.3 Å². The fourth-order valence-electron chi connectivity index (χ4n) is 0. The van der Waals surface area contributed by atoms with Gasteiger partial charge in [0.25, 0.3) is 0 Å². The summed E-state index contributed by atoms with van der Waals surface area (Å²) < 4.78 is 0. The fourth-order valence-corrected chi connectivity index (χ4v) is 0. The molecule has 32 valence electrons. The van der Waals surface area contributed by atoms with Gasteiger partial charge in [0.05, 0.1) is 0 Å². The Balaban J connectivity index is 2.32. The summed E-state index contributed by atoms with van der Waals surface area (Å²) >= 11 is -1.57. The molecule has 0 rings (SSSR count). The molecule has 0 heterocycles. The van der Waals surface area contributed by atoms with Gasteiger partial charge < -0.3 is 0 Å². The van der Waals surface area contributed by atoms with Gasteiger partial charge in [0.1, 0.15) is 0 Å². The van der Waals surface area contributed by atoms with Crippen LogP contribution in [-0.2, 0) is 13.7 Å². The zero-order valence-electron chi connectivity index (χ0n) is 1.45. The Hall–Kier alpha value is 1.53. The molecule has 0 saturated heterocycles. The van der Waals surface area contributed by atoms with E-state index in [0.29, 0.717) is 0 Å². The second-order valence-corrected chi connectivity index (χ2v) is 7.22. The SMILES string of the molecule is [Cl][Pd-]([Cl])[Cl]. The molecule has 0 spiro atoms. The van der Waals surface area contributed by atoms with Gasteiger partial charge in [0.2, 0.25) is 0 Å². The standard InChI is InChI=1S/3ClH.Pd/h3*1H;/q;;;+2/p-3. The third-order valence-electron chi connectivity index (χ3n) is 0. The number of halogens is 3. The molecule has 0 N–H and O–H groups in total. The fraction of sp³-hybridized carbons (Fsp3) is 0. The summed E-state index contributed by atoms with van der Waals surface area (Å²) in [6, 6.07) is 0. The van der Waals surface area contributed by atoms with Crippen molar-refractivity contribution < 1.29 is 13.7 Å². The second kappa shape index (κ2) is 2.75. The molecule has 0 fully saturated rings. The van der Waals surface area contributed by atoms with E-state index in [1.165, 1.54) is 0 Å². The van der Waals surface area contributed by atoms with Gasteiger partial charge in [-0.25, -0.2) is 0 Å². The third kappa shape index (κ3) is 9.65. The summed E-state index contributed by atoms with van der Waals surface area (Å²) in [5, 5.41) is 0. The van der Waals surface area contributed by atoms with Crippen molar-refractivity contribution in [3.05, 3.63) is 0 Å². The average Bonchev–Trinajstić information content (AvgIpc) is 0.811. The van der Waals surface area contributed by atoms with Crippen molar-refractivity contribution in [2.24, 2.45) is 0 Å². The molecular formula is Cl3Pd-. The number of hydrogen-bond donors (Lipinski definition) is 0. The maximum absolute atomic E-state index is 4.92. The first-order valence-electron chi connectivity index (χ1n) is 0.359. The summed E-state index contributed by atoms with van der Waals surface area (Å²) in [6.07, 6.45) is 0. The van der Waals surface area contributed by atoms with Crippen molar-refractivity contribution in [2.45, 2.75) is 0 Å². The van der Waals surface area contributed by atoms with Gasteiger partial charge in [0.15, 0.2) is 0 Å². The van der Waals surface area contributed by atoms with E-state index in [1.54, 1.807) is 0 Å². The molecular weight excluding hydrogens is 213 g/mol. The van der Waals surface area contributed by atoms with Crippen molar-refractivity contribution in [2.75, 3.05) is 0 Å². The maximum atomic E-state index is 4.92. The second-order valence-electron chi connectivity index (χ2n) is 0.136. The zero-order valence-corrected chi connectivity index (χ0v) is 5.27. The minimum atomic E-state index is -1.57. The predicted molar refractivity (Wildman–Crippen MR) is 17.6 cm³/mol. The summed E-state index contributed by atoms with van der Waals surface area (Å²) in [4.78, 5) is 0. The van der Waals surface area contributed by atoms with Crippen molar-refractivity contribution in [3.63, 3.8) is 0 Å². The molecule has 0 aromatic rings. The Morgan fingerprint density at radius 1 is 1.00 bits per heavy atom. The van der Waals surface area contributed by atoms with Crippen molar-refractivity contribution in [1.82, 2.24) is 0 Å². The van der Waals surface area contributed by atoms with Crippen LogP contribution in [0.5, 0.6) is 0 Å². The van der Waals surface area contributed by atoms with Crippen molar-refractivity contribution >= 4 is 28.6 Å². The van der Waals surface area contributed by atoms with Gasteiger partial charge in [-0.1, -0.05) is 0 Å². The average molecular weight is 213 g/mol. The third-order valence-corrected chi connectivity index (χ3v) is 0. The molecule has 0 aliphatic carbocycles. The topological polar surface area (TPSA) is 0 Å². The molecule has 0 aliphatic heterocycles. The summed E-state index contributed by atoms with van der Waals surface area (Å²) in [5.74, 6) is 0. The first-order valence-corrected chi connectivity index (χ1v) is 6.36. The monoisotopic (exact) mass is 211 g/mol. The van der Waals surface area contributed by atoms with E-state index < -0.39 is 13.7 Å². The molecule has 0 aromatic carbocycles. The molecule has 0 unspecified atom stereocenters. The Morgan fingerprint density at radius 3 is 1.00 bits per heavy atom. The molecule has 0 aliphatic rings. The van der Waals surface area contributed by atoms with E-state index in [4.69, 9.17) is 28.6 Å². The van der Waals surface area contributed by atoms with E-state index in [1.807, 2.05) is 0 Å². The van der Waals surface area contributed by atoms with Crippen molar-refractivity contribution in [1.29, 1.82) is 0 Å². The van der Waals surface area contributed by atoms with Gasteiger partial charge in [-0.05, 0) is 0 Å². The number of hydrogen-bond acceptors (Lipinski definition) is 0. The van der Waals surface area contributed by atoms with Crippen LogP contribution in [0, 0.1) is 0 Å². The molecule has 0 bridgehead atoms. The van der Waals surface area contributed by atoms with Crippen LogP contribution >= 0.6 is 28.6 Å². The van der Waals surface area contributed by atoms with Crippen LogP contribution in [0.1, 0.15) is 0 Å². The van der Waals surface area contributed by atoms with Crippen LogP contribution in [0.2, 0.25) is 0 Å². The van der Waals surface area contributed by atoms with E-state index in [2.05, 4.69) is 0 Å². The first-order chi connectivity index (χ1) is 1.73. The minimum absolute atomic E-state index is 1.57. The Kier molecular flexibility index (Phi) is 3.81. The molecule has 0 nitrogen and oxygen atoms in total. The molecule has 0 saturated carbocycles. The first kappa shape index (κ1) is 5.53. The van der Waals surface area contributed by atoms with Crippen LogP contribution in [0.15, 0.2) is 0 Å². The van der Waals surface area contributed by atoms with Crippen LogP contribution in [0.3, 0.4) is 0 Å². The van der Waals surface area contributed by atoms with E-state index in [-0.39, 0.29) is 0 Å². The molecule has 0 amide bonds. The summed E-state index contributed by atoms with van der Waals surface area (Å²) in [7, 11) is 14.8. The number of rotatable bonds is 0. The van der Waals surface area contributed by atoms with Gasteiger partial charge in [-0.3, -0.25) is 0 Å². The molecule has 4 heteroatoms. The van der Waals surface area contributed by atoms with E-state index in [0.717, 1.165) is 0 Å². The predicted octanol–water partition coefficient (Wildman–Crippen LogP) is 2.07. The van der Waals surface area contributed by atoms with Crippen LogP contribution in [0.25, 0.3) is 0 Å². The van der Waals surface area contributed by atoms with Crippen LogP contribution in [0.4, 0.5) is 0 Å². The Morgan fingerprint density at radius 2 is 1.00 bits per heavy atom. The van der Waals surface area contributed by atoms with Gasteiger partial charge in [0, 0.05) is 0 Å². The molecule has 0 radical (unpaired) electrons. The molecule has 0 atom stereocenters. The van der Waals surface area contributed by atoms with Crippen molar-refractivity contribution in [3.8, 4) is 0 Å². The van der Waals surface area contributed by atoms with E-state index in [9.17, 15) is 0 Å². The quantitative estimate of drug-likeness (QED) is 0.540. The molecule has 0 aromatic heterocycles. The normalized spacial score (nSPS) is 11.2. The van der Waals surface area contributed by atoms with Gasteiger partial charge in [-0.15, -0.1) is 0 Å². The van der Waals surface area contributed by atoms with Crippen LogP contribution < -0.4 is 0 Å². The zero-order chi connectivity index (χ0) is 3.58. The van der Waals surface area contributed by atoms with Crippen LogP contribution in [-0.4, -0.2) is 0 Å². The summed E-state index contributed by atoms with van der Waals surface area (Å²) in [6.45, 7) is 0. The Bertz CT molecular complexity index is 8.00. The van der Waals surface area contributed by atoms with Gasteiger partial charge in [-0.2, -0.15) is 0 Å². The summed E-state index contributed by atoms with van der Waals surface area (Å²) in [5.41, 5.74) is 0. The Labute approximate surface area is 42.2 Å². The van der Waals surface area contributed by atoms with E-state index >= 15 is 0 Å².